The number of carbonyl (C=O) groups is 2. The predicted octanol–water partition coefficient (Wildman–Crippen LogP) is 1.62. The number of carbonyl (C=O) groups excluding carboxylic acids is 1. The second-order valence-electron chi connectivity index (χ2n) is 4.19. The van der Waals surface area contributed by atoms with E-state index < -0.39 is 11.4 Å². The maximum absolute atomic E-state index is 11.7. The van der Waals surface area contributed by atoms with E-state index in [1.54, 1.807) is 13.8 Å². The van der Waals surface area contributed by atoms with Crippen molar-refractivity contribution in [3.63, 3.8) is 0 Å². The highest BCUT2D eigenvalue weighted by Gasteiger charge is 2.28. The van der Waals surface area contributed by atoms with E-state index >= 15 is 0 Å². The van der Waals surface area contributed by atoms with Gasteiger partial charge in [-0.1, -0.05) is 6.92 Å². The minimum Gasteiger partial charge on any atom is -0.481 e. The second kappa shape index (κ2) is 5.95. The normalized spacial score (nSPS) is 13.3. The lowest BCUT2D eigenvalue weighted by Gasteiger charge is -2.24. The van der Waals surface area contributed by atoms with Gasteiger partial charge >= 0.3 is 5.97 Å². The lowest BCUT2D eigenvalue weighted by molar-refractivity contribution is -0.138. The molecule has 0 aliphatic heterocycles. The fraction of sp³-hybridized carbons (Fsp3) is 0.800. The van der Waals surface area contributed by atoms with Gasteiger partial charge in [-0.25, -0.2) is 0 Å². The number of amides is 1. The third kappa shape index (κ3) is 5.02. The van der Waals surface area contributed by atoms with Crippen LogP contribution in [0.4, 0.5) is 0 Å². The molecule has 0 saturated carbocycles. The van der Waals surface area contributed by atoms with Gasteiger partial charge in [-0.3, -0.25) is 9.59 Å². The number of hydrogen-bond donors (Lipinski definition) is 2. The predicted molar refractivity (Wildman–Crippen MR) is 59.0 cm³/mol. The van der Waals surface area contributed by atoms with E-state index in [9.17, 15) is 9.59 Å². The maximum Gasteiger partial charge on any atom is 0.305 e. The van der Waals surface area contributed by atoms with E-state index in [2.05, 4.69) is 5.32 Å². The van der Waals surface area contributed by atoms with Gasteiger partial charge in [-0.15, -0.1) is 11.6 Å². The number of halogens is 1. The van der Waals surface area contributed by atoms with Crippen molar-refractivity contribution in [3.05, 3.63) is 0 Å². The molecule has 15 heavy (non-hydrogen) atoms. The van der Waals surface area contributed by atoms with Crippen LogP contribution in [0.5, 0.6) is 0 Å². The Hall–Kier alpha value is -0.770. The number of alkyl halides is 1. The van der Waals surface area contributed by atoms with Crippen molar-refractivity contribution in [2.45, 2.75) is 39.7 Å². The molecule has 5 heteroatoms. The van der Waals surface area contributed by atoms with E-state index in [4.69, 9.17) is 16.7 Å². The Morgan fingerprint density at radius 3 is 2.33 bits per heavy atom. The van der Waals surface area contributed by atoms with E-state index in [0.717, 1.165) is 0 Å². The van der Waals surface area contributed by atoms with Gasteiger partial charge in [-0.2, -0.15) is 0 Å². The van der Waals surface area contributed by atoms with Gasteiger partial charge in [0.05, 0.1) is 11.8 Å². The van der Waals surface area contributed by atoms with Crippen LogP contribution in [0.3, 0.4) is 0 Å². The molecule has 0 aliphatic carbocycles. The van der Waals surface area contributed by atoms with Crippen LogP contribution in [0.1, 0.15) is 33.6 Å². The lowest BCUT2D eigenvalue weighted by Crippen LogP contribution is -2.44. The zero-order valence-electron chi connectivity index (χ0n) is 9.34. The van der Waals surface area contributed by atoms with E-state index in [1.165, 1.54) is 0 Å². The molecular formula is C10H18ClNO3. The number of carboxylic acids is 1. The average molecular weight is 236 g/mol. The number of aliphatic carboxylic acids is 1. The van der Waals surface area contributed by atoms with Crippen LogP contribution < -0.4 is 5.32 Å². The summed E-state index contributed by atoms with van der Waals surface area (Å²) in [6.45, 7) is 5.28. The van der Waals surface area contributed by atoms with Crippen LogP contribution in [0.15, 0.2) is 0 Å². The molecule has 1 unspecified atom stereocenters. The van der Waals surface area contributed by atoms with Crippen LogP contribution in [0.25, 0.3) is 0 Å². The zero-order chi connectivity index (χ0) is 12.1. The lowest BCUT2D eigenvalue weighted by atomic mass is 9.94. The molecule has 4 nitrogen and oxygen atoms in total. The Morgan fingerprint density at radius 1 is 1.47 bits per heavy atom. The highest BCUT2D eigenvalue weighted by Crippen LogP contribution is 2.17. The zero-order valence-corrected chi connectivity index (χ0v) is 10.1. The van der Waals surface area contributed by atoms with E-state index in [1.807, 2.05) is 6.92 Å². The summed E-state index contributed by atoms with van der Waals surface area (Å²) in [6, 6.07) is -0.322. The third-order valence-electron chi connectivity index (χ3n) is 2.20. The molecule has 0 rings (SSSR count). The Balaban J connectivity index is 4.30. The average Bonchev–Trinajstić information content (AvgIpc) is 2.15. The quantitative estimate of drug-likeness (QED) is 0.688. The van der Waals surface area contributed by atoms with Crippen LogP contribution in [0, 0.1) is 5.41 Å². The van der Waals surface area contributed by atoms with Crippen molar-refractivity contribution < 1.29 is 14.7 Å². The fourth-order valence-corrected chi connectivity index (χ4v) is 1.07. The molecular weight excluding hydrogens is 218 g/mol. The first-order valence-electron chi connectivity index (χ1n) is 4.92. The standard InChI is InChI=1S/C10H18ClNO3/c1-4-7(5-8(13)14)12-9(15)10(2,3)6-11/h7H,4-6H2,1-3H3,(H,12,15)(H,13,14). The van der Waals surface area contributed by atoms with Gasteiger partial charge in [0, 0.05) is 11.9 Å². The molecule has 2 N–H and O–H groups in total. The molecule has 0 aromatic heterocycles. The van der Waals surface area contributed by atoms with Gasteiger partial charge in [-0.05, 0) is 20.3 Å². The van der Waals surface area contributed by atoms with Gasteiger partial charge in [0.15, 0.2) is 0 Å². The number of hydrogen-bond acceptors (Lipinski definition) is 2. The number of rotatable bonds is 6. The summed E-state index contributed by atoms with van der Waals surface area (Å²) in [5, 5.41) is 11.3. The van der Waals surface area contributed by atoms with Gasteiger partial charge < -0.3 is 10.4 Å². The molecule has 0 saturated heterocycles. The highest BCUT2D eigenvalue weighted by molar-refractivity contribution is 6.19. The summed E-state index contributed by atoms with van der Waals surface area (Å²) in [7, 11) is 0. The van der Waals surface area contributed by atoms with Crippen LogP contribution >= 0.6 is 11.6 Å². The molecule has 0 aliphatic rings. The Kier molecular flexibility index (Phi) is 5.65. The first-order chi connectivity index (χ1) is 6.83. The Labute approximate surface area is 95.0 Å². The highest BCUT2D eigenvalue weighted by atomic mass is 35.5. The van der Waals surface area contributed by atoms with Gasteiger partial charge in [0.25, 0.3) is 0 Å². The minimum absolute atomic E-state index is 0.0550. The van der Waals surface area contributed by atoms with Gasteiger partial charge in [0.1, 0.15) is 0 Å². The third-order valence-corrected chi connectivity index (χ3v) is 2.87. The van der Waals surface area contributed by atoms with Crippen molar-refractivity contribution in [2.24, 2.45) is 5.41 Å². The monoisotopic (exact) mass is 235 g/mol. The minimum atomic E-state index is -0.911. The molecule has 0 fully saturated rings. The first-order valence-corrected chi connectivity index (χ1v) is 5.45. The van der Waals surface area contributed by atoms with Crippen molar-refractivity contribution in [3.8, 4) is 0 Å². The Morgan fingerprint density at radius 2 is 2.00 bits per heavy atom. The van der Waals surface area contributed by atoms with Crippen molar-refractivity contribution in [2.75, 3.05) is 5.88 Å². The first kappa shape index (κ1) is 14.2. The van der Waals surface area contributed by atoms with Crippen LogP contribution in [-0.4, -0.2) is 28.9 Å². The number of carboxylic acid groups (broad SMARTS) is 1. The maximum atomic E-state index is 11.7. The van der Waals surface area contributed by atoms with Gasteiger partial charge in [0.2, 0.25) is 5.91 Å². The second-order valence-corrected chi connectivity index (χ2v) is 4.46. The molecule has 0 heterocycles. The summed E-state index contributed by atoms with van der Waals surface area (Å²) in [4.78, 5) is 22.2. The summed E-state index contributed by atoms with van der Waals surface area (Å²) < 4.78 is 0. The summed E-state index contributed by atoms with van der Waals surface area (Å²) in [6.07, 6.45) is 0.539. The molecule has 0 aromatic carbocycles. The van der Waals surface area contributed by atoms with E-state index in [0.29, 0.717) is 6.42 Å². The van der Waals surface area contributed by atoms with E-state index in [-0.39, 0.29) is 24.2 Å². The SMILES string of the molecule is CCC(CC(=O)O)NC(=O)C(C)(C)CCl. The summed E-state index contributed by atoms with van der Waals surface area (Å²) in [5.41, 5.74) is -0.659. The Bertz CT molecular complexity index is 241. The summed E-state index contributed by atoms with van der Waals surface area (Å²) in [5.74, 6) is -0.904. The molecule has 88 valence electrons. The molecule has 1 amide bonds. The molecule has 0 aromatic rings. The number of nitrogens with one attached hydrogen (secondary N) is 1. The van der Waals surface area contributed by atoms with Crippen molar-refractivity contribution in [1.82, 2.24) is 5.32 Å². The molecule has 0 bridgehead atoms. The summed E-state index contributed by atoms with van der Waals surface area (Å²) >= 11 is 5.64. The molecule has 0 spiro atoms. The van der Waals surface area contributed by atoms with Crippen molar-refractivity contribution in [1.29, 1.82) is 0 Å². The van der Waals surface area contributed by atoms with Crippen molar-refractivity contribution >= 4 is 23.5 Å². The topological polar surface area (TPSA) is 66.4 Å². The smallest absolute Gasteiger partial charge is 0.305 e. The van der Waals surface area contributed by atoms with Crippen LogP contribution in [0.2, 0.25) is 0 Å². The fourth-order valence-electron chi connectivity index (χ4n) is 0.950. The largest absolute Gasteiger partial charge is 0.481 e. The molecule has 0 radical (unpaired) electrons. The van der Waals surface area contributed by atoms with Crippen LogP contribution in [-0.2, 0) is 9.59 Å². The molecule has 1 atom stereocenters.